The van der Waals surface area contributed by atoms with Crippen LogP contribution in [0.4, 0.5) is 0 Å². The Morgan fingerprint density at radius 3 is 2.85 bits per heavy atom. The molecule has 13 heavy (non-hydrogen) atoms. The molecule has 0 aliphatic rings. The predicted molar refractivity (Wildman–Crippen MR) is 56.9 cm³/mol. The lowest BCUT2D eigenvalue weighted by atomic mass is 10.3. The normalized spacial score (nSPS) is 9.77. The van der Waals surface area contributed by atoms with E-state index >= 15 is 0 Å². The predicted octanol–water partition coefficient (Wildman–Crippen LogP) is 3.08. The van der Waals surface area contributed by atoms with Gasteiger partial charge in [0.25, 0.3) is 0 Å². The van der Waals surface area contributed by atoms with E-state index in [4.69, 9.17) is 21.1 Å². The van der Waals surface area contributed by atoms with Gasteiger partial charge in [-0.25, -0.2) is 0 Å². The molecule has 0 fully saturated rings. The molecule has 72 valence electrons. The van der Waals surface area contributed by atoms with E-state index in [0.717, 1.165) is 4.47 Å². The third-order valence-electron chi connectivity index (χ3n) is 1.47. The minimum Gasteiger partial charge on any atom is -0.493 e. The molecular weight excluding hydrogens is 255 g/mol. The first kappa shape index (κ1) is 10.7. The van der Waals surface area contributed by atoms with E-state index in [1.807, 2.05) is 18.2 Å². The number of halogens is 2. The van der Waals surface area contributed by atoms with Gasteiger partial charge in [0.1, 0.15) is 6.61 Å². The van der Waals surface area contributed by atoms with Gasteiger partial charge < -0.3 is 9.47 Å². The fourth-order valence-electron chi connectivity index (χ4n) is 0.931. The van der Waals surface area contributed by atoms with E-state index in [2.05, 4.69) is 15.9 Å². The summed E-state index contributed by atoms with van der Waals surface area (Å²) in [7, 11) is 1.61. The fourth-order valence-corrected chi connectivity index (χ4v) is 1.47. The van der Waals surface area contributed by atoms with Crippen molar-refractivity contribution in [3.8, 4) is 11.5 Å². The molecule has 4 heteroatoms. The zero-order chi connectivity index (χ0) is 9.68. The molecule has 0 bridgehead atoms. The molecule has 0 unspecified atom stereocenters. The van der Waals surface area contributed by atoms with Crippen LogP contribution in [0.2, 0.25) is 0 Å². The number of hydrogen-bond donors (Lipinski definition) is 0. The maximum absolute atomic E-state index is 5.52. The molecule has 0 N–H and O–H groups in total. The summed E-state index contributed by atoms with van der Waals surface area (Å²) in [5, 5.41) is 0. The van der Waals surface area contributed by atoms with Gasteiger partial charge in [-0.3, -0.25) is 0 Å². The number of ether oxygens (including phenoxy) is 2. The summed E-state index contributed by atoms with van der Waals surface area (Å²) in [5.41, 5.74) is 0. The smallest absolute Gasteiger partial charge is 0.175 e. The van der Waals surface area contributed by atoms with Crippen LogP contribution in [0.5, 0.6) is 11.5 Å². The largest absolute Gasteiger partial charge is 0.493 e. The van der Waals surface area contributed by atoms with Crippen molar-refractivity contribution in [2.24, 2.45) is 0 Å². The standard InChI is InChI=1S/C9H10BrClO2/c1-12-8-4-2-3-7(10)9(8)13-6-5-11/h2-4H,5-6H2,1H3. The Morgan fingerprint density at radius 1 is 1.46 bits per heavy atom. The molecule has 0 radical (unpaired) electrons. The quantitative estimate of drug-likeness (QED) is 0.779. The van der Waals surface area contributed by atoms with Gasteiger partial charge in [0.05, 0.1) is 17.5 Å². The van der Waals surface area contributed by atoms with E-state index in [0.29, 0.717) is 24.0 Å². The molecule has 0 aliphatic heterocycles. The monoisotopic (exact) mass is 264 g/mol. The number of para-hydroxylation sites is 1. The summed E-state index contributed by atoms with van der Waals surface area (Å²) in [6, 6.07) is 5.62. The van der Waals surface area contributed by atoms with Crippen LogP contribution < -0.4 is 9.47 Å². The number of alkyl halides is 1. The third-order valence-corrected chi connectivity index (χ3v) is 2.25. The second kappa shape index (κ2) is 5.35. The van der Waals surface area contributed by atoms with Crippen LogP contribution in [-0.4, -0.2) is 19.6 Å². The van der Waals surface area contributed by atoms with Gasteiger partial charge in [-0.1, -0.05) is 6.07 Å². The van der Waals surface area contributed by atoms with E-state index in [1.54, 1.807) is 7.11 Å². The van der Waals surface area contributed by atoms with Gasteiger partial charge in [0, 0.05) is 0 Å². The number of hydrogen-bond acceptors (Lipinski definition) is 2. The zero-order valence-corrected chi connectivity index (χ0v) is 9.56. The van der Waals surface area contributed by atoms with Crippen molar-refractivity contribution in [2.75, 3.05) is 19.6 Å². The minimum absolute atomic E-state index is 0.463. The first-order valence-corrected chi connectivity index (χ1v) is 5.13. The van der Waals surface area contributed by atoms with E-state index in [1.165, 1.54) is 0 Å². The Bertz CT molecular complexity index is 278. The van der Waals surface area contributed by atoms with Gasteiger partial charge in [0.15, 0.2) is 11.5 Å². The summed E-state index contributed by atoms with van der Waals surface area (Å²) < 4.78 is 11.4. The van der Waals surface area contributed by atoms with Crippen molar-refractivity contribution in [1.82, 2.24) is 0 Å². The first-order chi connectivity index (χ1) is 6.29. The molecule has 0 spiro atoms. The molecule has 0 heterocycles. The minimum atomic E-state index is 0.463. The zero-order valence-electron chi connectivity index (χ0n) is 7.22. The van der Waals surface area contributed by atoms with Crippen LogP contribution in [-0.2, 0) is 0 Å². The second-order valence-corrected chi connectivity index (χ2v) is 3.54. The fraction of sp³-hybridized carbons (Fsp3) is 0.333. The lowest BCUT2D eigenvalue weighted by molar-refractivity contribution is 0.311. The van der Waals surface area contributed by atoms with Crippen molar-refractivity contribution in [3.05, 3.63) is 22.7 Å². The van der Waals surface area contributed by atoms with Crippen LogP contribution >= 0.6 is 27.5 Å². The average Bonchev–Trinajstić information content (AvgIpc) is 2.15. The van der Waals surface area contributed by atoms with E-state index < -0.39 is 0 Å². The third kappa shape index (κ3) is 2.78. The van der Waals surface area contributed by atoms with Gasteiger partial charge >= 0.3 is 0 Å². The van der Waals surface area contributed by atoms with Gasteiger partial charge in [0.2, 0.25) is 0 Å². The summed E-state index contributed by atoms with van der Waals surface area (Å²) in [4.78, 5) is 0. The molecule has 0 amide bonds. The molecular formula is C9H10BrClO2. The summed E-state index contributed by atoms with van der Waals surface area (Å²) >= 11 is 8.89. The van der Waals surface area contributed by atoms with Crippen LogP contribution in [0, 0.1) is 0 Å². The molecule has 0 saturated heterocycles. The van der Waals surface area contributed by atoms with Gasteiger partial charge in [-0.2, -0.15) is 0 Å². The van der Waals surface area contributed by atoms with Crippen molar-refractivity contribution in [3.63, 3.8) is 0 Å². The van der Waals surface area contributed by atoms with Crippen molar-refractivity contribution in [2.45, 2.75) is 0 Å². The number of methoxy groups -OCH3 is 1. The Kier molecular flexibility index (Phi) is 4.39. The Balaban J connectivity index is 2.87. The molecule has 1 aromatic rings. The van der Waals surface area contributed by atoms with Gasteiger partial charge in [-0.15, -0.1) is 11.6 Å². The van der Waals surface area contributed by atoms with Crippen LogP contribution in [0.15, 0.2) is 22.7 Å². The van der Waals surface area contributed by atoms with E-state index in [-0.39, 0.29) is 0 Å². The highest BCUT2D eigenvalue weighted by atomic mass is 79.9. The SMILES string of the molecule is COc1cccc(Br)c1OCCCl. The lowest BCUT2D eigenvalue weighted by Crippen LogP contribution is -2.00. The molecule has 0 saturated carbocycles. The lowest BCUT2D eigenvalue weighted by Gasteiger charge is -2.10. The first-order valence-electron chi connectivity index (χ1n) is 3.81. The molecule has 1 aromatic carbocycles. The highest BCUT2D eigenvalue weighted by Crippen LogP contribution is 2.34. The number of benzene rings is 1. The van der Waals surface area contributed by atoms with Crippen LogP contribution in [0.1, 0.15) is 0 Å². The second-order valence-electron chi connectivity index (χ2n) is 2.31. The maximum Gasteiger partial charge on any atom is 0.175 e. The van der Waals surface area contributed by atoms with Crippen molar-refractivity contribution < 1.29 is 9.47 Å². The summed E-state index contributed by atoms with van der Waals surface area (Å²) in [6.07, 6.45) is 0. The topological polar surface area (TPSA) is 18.5 Å². The Morgan fingerprint density at radius 2 is 2.23 bits per heavy atom. The summed E-state index contributed by atoms with van der Waals surface area (Å²) in [6.45, 7) is 0.473. The maximum atomic E-state index is 5.52. The van der Waals surface area contributed by atoms with Crippen LogP contribution in [0.25, 0.3) is 0 Å². The molecule has 0 aromatic heterocycles. The van der Waals surface area contributed by atoms with Crippen molar-refractivity contribution >= 4 is 27.5 Å². The Hall–Kier alpha value is -0.410. The van der Waals surface area contributed by atoms with E-state index in [9.17, 15) is 0 Å². The number of rotatable bonds is 4. The van der Waals surface area contributed by atoms with Gasteiger partial charge in [-0.05, 0) is 28.1 Å². The molecule has 1 rings (SSSR count). The molecule has 0 atom stereocenters. The molecule has 2 nitrogen and oxygen atoms in total. The highest BCUT2D eigenvalue weighted by Gasteiger charge is 2.07. The average molecular weight is 266 g/mol. The molecule has 0 aliphatic carbocycles. The van der Waals surface area contributed by atoms with Crippen LogP contribution in [0.3, 0.4) is 0 Å². The summed E-state index contributed by atoms with van der Waals surface area (Å²) in [5.74, 6) is 1.87. The van der Waals surface area contributed by atoms with Crippen molar-refractivity contribution in [1.29, 1.82) is 0 Å². The highest BCUT2D eigenvalue weighted by molar-refractivity contribution is 9.10. The Labute approximate surface area is 90.9 Å².